The van der Waals surface area contributed by atoms with Gasteiger partial charge < -0.3 is 5.11 Å². The van der Waals surface area contributed by atoms with Gasteiger partial charge in [0.1, 0.15) is 5.75 Å². The number of phenols is 1. The molecule has 0 aliphatic heterocycles. The number of rotatable bonds is 1. The van der Waals surface area contributed by atoms with Gasteiger partial charge in [0.2, 0.25) is 0 Å². The summed E-state index contributed by atoms with van der Waals surface area (Å²) in [6.45, 7) is 0. The molecule has 0 radical (unpaired) electrons. The monoisotopic (exact) mass is 175 g/mol. The summed E-state index contributed by atoms with van der Waals surface area (Å²) in [6, 6.07) is 10.5. The zero-order valence-electron chi connectivity index (χ0n) is 6.86. The highest BCUT2D eigenvalue weighted by molar-refractivity contribution is 5.97. The van der Waals surface area contributed by atoms with Gasteiger partial charge in [0.15, 0.2) is 0 Å². The lowest BCUT2D eigenvalue weighted by molar-refractivity contribution is 0.390. The molecule has 0 unspecified atom stereocenters. The SMILES string of the molecule is ONc1cccc2c(O)cccc12. The summed E-state index contributed by atoms with van der Waals surface area (Å²) >= 11 is 0. The fourth-order valence-corrected chi connectivity index (χ4v) is 1.39. The van der Waals surface area contributed by atoms with Crippen LogP contribution in [0.25, 0.3) is 10.8 Å². The molecule has 3 heteroatoms. The van der Waals surface area contributed by atoms with Crippen molar-refractivity contribution in [1.82, 2.24) is 0 Å². The third kappa shape index (κ3) is 1.19. The maximum Gasteiger partial charge on any atom is 0.123 e. The van der Waals surface area contributed by atoms with Crippen LogP contribution in [0.4, 0.5) is 5.69 Å². The summed E-state index contributed by atoms with van der Waals surface area (Å²) < 4.78 is 0. The van der Waals surface area contributed by atoms with E-state index in [0.29, 0.717) is 5.69 Å². The molecule has 3 N–H and O–H groups in total. The van der Waals surface area contributed by atoms with Crippen LogP contribution in [0.2, 0.25) is 0 Å². The normalized spacial score (nSPS) is 10.2. The standard InChI is InChI=1S/C10H9NO2/c12-10-6-2-3-7-8(10)4-1-5-9(7)11-13/h1-6,11-13H. The van der Waals surface area contributed by atoms with Crippen LogP contribution in [0.5, 0.6) is 5.75 Å². The predicted molar refractivity (Wildman–Crippen MR) is 51.0 cm³/mol. The first-order valence-corrected chi connectivity index (χ1v) is 3.94. The molecule has 13 heavy (non-hydrogen) atoms. The quantitative estimate of drug-likeness (QED) is 0.583. The summed E-state index contributed by atoms with van der Waals surface area (Å²) in [5.74, 6) is 0.217. The van der Waals surface area contributed by atoms with Crippen molar-refractivity contribution in [3.8, 4) is 5.75 Å². The highest BCUT2D eigenvalue weighted by Crippen LogP contribution is 2.29. The number of benzene rings is 2. The maximum atomic E-state index is 9.48. The van der Waals surface area contributed by atoms with E-state index in [4.69, 9.17) is 5.21 Å². The van der Waals surface area contributed by atoms with Gasteiger partial charge in [-0.05, 0) is 12.1 Å². The minimum Gasteiger partial charge on any atom is -0.507 e. The number of phenolic OH excluding ortho intramolecular Hbond substituents is 1. The van der Waals surface area contributed by atoms with Gasteiger partial charge in [0, 0.05) is 10.8 Å². The summed E-state index contributed by atoms with van der Waals surface area (Å²) in [5, 5.41) is 19.8. The summed E-state index contributed by atoms with van der Waals surface area (Å²) in [4.78, 5) is 0. The lowest BCUT2D eigenvalue weighted by atomic mass is 10.1. The molecule has 2 aromatic rings. The molecule has 0 saturated carbocycles. The molecule has 3 nitrogen and oxygen atoms in total. The highest BCUT2D eigenvalue weighted by atomic mass is 16.5. The van der Waals surface area contributed by atoms with E-state index < -0.39 is 0 Å². The van der Waals surface area contributed by atoms with Crippen LogP contribution in [-0.2, 0) is 0 Å². The Labute approximate surface area is 75.2 Å². The topological polar surface area (TPSA) is 52.5 Å². The van der Waals surface area contributed by atoms with E-state index >= 15 is 0 Å². The van der Waals surface area contributed by atoms with Crippen molar-refractivity contribution in [2.24, 2.45) is 0 Å². The van der Waals surface area contributed by atoms with Crippen molar-refractivity contribution >= 4 is 16.5 Å². The number of anilines is 1. The average molecular weight is 175 g/mol. The number of fused-ring (bicyclic) bond motifs is 1. The molecule has 2 rings (SSSR count). The smallest absolute Gasteiger partial charge is 0.123 e. The molecule has 0 amide bonds. The zero-order valence-corrected chi connectivity index (χ0v) is 6.86. The Morgan fingerprint density at radius 2 is 1.62 bits per heavy atom. The molecule has 0 fully saturated rings. The van der Waals surface area contributed by atoms with Crippen LogP contribution in [-0.4, -0.2) is 10.3 Å². The van der Waals surface area contributed by atoms with Crippen LogP contribution in [0, 0.1) is 0 Å². The molecule has 0 saturated heterocycles. The molecule has 2 aromatic carbocycles. The summed E-state index contributed by atoms with van der Waals surface area (Å²) in [5.41, 5.74) is 2.68. The molecule has 0 aliphatic carbocycles. The van der Waals surface area contributed by atoms with Gasteiger partial charge in [0.05, 0.1) is 5.69 Å². The van der Waals surface area contributed by atoms with Crippen LogP contribution in [0.15, 0.2) is 36.4 Å². The number of aromatic hydroxyl groups is 1. The predicted octanol–water partition coefficient (Wildman–Crippen LogP) is 2.35. The maximum absolute atomic E-state index is 9.48. The minimum absolute atomic E-state index is 0.217. The summed E-state index contributed by atoms with van der Waals surface area (Å²) in [7, 11) is 0. The van der Waals surface area contributed by atoms with Crippen LogP contribution in [0.3, 0.4) is 0 Å². The molecule has 0 bridgehead atoms. The van der Waals surface area contributed by atoms with E-state index in [1.165, 1.54) is 0 Å². The Kier molecular flexibility index (Phi) is 1.79. The Balaban J connectivity index is 2.84. The van der Waals surface area contributed by atoms with Crippen molar-refractivity contribution in [2.45, 2.75) is 0 Å². The average Bonchev–Trinajstić information content (AvgIpc) is 2.18. The van der Waals surface area contributed by atoms with Gasteiger partial charge in [-0.15, -0.1) is 0 Å². The van der Waals surface area contributed by atoms with Gasteiger partial charge in [-0.1, -0.05) is 24.3 Å². The van der Waals surface area contributed by atoms with Crippen molar-refractivity contribution in [2.75, 3.05) is 5.48 Å². The molecule has 0 aromatic heterocycles. The zero-order chi connectivity index (χ0) is 9.26. The van der Waals surface area contributed by atoms with Crippen LogP contribution >= 0.6 is 0 Å². The van der Waals surface area contributed by atoms with Crippen LogP contribution in [0.1, 0.15) is 0 Å². The first-order valence-electron chi connectivity index (χ1n) is 3.94. The summed E-state index contributed by atoms with van der Waals surface area (Å²) in [6.07, 6.45) is 0. The molecule has 0 heterocycles. The molecular formula is C10H9NO2. The Bertz CT molecular complexity index is 440. The molecular weight excluding hydrogens is 166 g/mol. The van der Waals surface area contributed by atoms with Crippen molar-refractivity contribution in [3.63, 3.8) is 0 Å². The first kappa shape index (κ1) is 7.89. The highest BCUT2D eigenvalue weighted by Gasteiger charge is 2.01. The third-order valence-corrected chi connectivity index (χ3v) is 2.02. The van der Waals surface area contributed by atoms with Gasteiger partial charge in [-0.25, -0.2) is 0 Å². The van der Waals surface area contributed by atoms with Crippen LogP contribution < -0.4 is 5.48 Å². The van der Waals surface area contributed by atoms with E-state index in [0.717, 1.165) is 10.8 Å². The van der Waals surface area contributed by atoms with E-state index in [9.17, 15) is 5.11 Å². The van der Waals surface area contributed by atoms with E-state index in [1.807, 2.05) is 6.07 Å². The fraction of sp³-hybridized carbons (Fsp3) is 0. The second kappa shape index (κ2) is 2.95. The molecule has 0 spiro atoms. The second-order valence-corrected chi connectivity index (χ2v) is 2.79. The van der Waals surface area contributed by atoms with Crippen molar-refractivity contribution in [1.29, 1.82) is 0 Å². The minimum atomic E-state index is 0.217. The van der Waals surface area contributed by atoms with Gasteiger partial charge in [0.25, 0.3) is 0 Å². The van der Waals surface area contributed by atoms with E-state index in [2.05, 4.69) is 5.48 Å². The number of hydrogen-bond donors (Lipinski definition) is 3. The van der Waals surface area contributed by atoms with Crippen molar-refractivity contribution < 1.29 is 10.3 Å². The molecule has 0 atom stereocenters. The Morgan fingerprint density at radius 3 is 2.38 bits per heavy atom. The first-order chi connectivity index (χ1) is 6.33. The lowest BCUT2D eigenvalue weighted by Gasteiger charge is -2.05. The second-order valence-electron chi connectivity index (χ2n) is 2.79. The Morgan fingerprint density at radius 1 is 0.923 bits per heavy atom. The fourth-order valence-electron chi connectivity index (χ4n) is 1.39. The van der Waals surface area contributed by atoms with Gasteiger partial charge in [-0.2, -0.15) is 0 Å². The van der Waals surface area contributed by atoms with E-state index in [-0.39, 0.29) is 5.75 Å². The number of hydrogen-bond acceptors (Lipinski definition) is 3. The van der Waals surface area contributed by atoms with Gasteiger partial charge in [-0.3, -0.25) is 10.7 Å². The number of nitrogens with one attached hydrogen (secondary N) is 1. The lowest BCUT2D eigenvalue weighted by Crippen LogP contribution is -1.89. The van der Waals surface area contributed by atoms with Crippen molar-refractivity contribution in [3.05, 3.63) is 36.4 Å². The third-order valence-electron chi connectivity index (χ3n) is 2.02. The van der Waals surface area contributed by atoms with Gasteiger partial charge >= 0.3 is 0 Å². The Hall–Kier alpha value is -1.74. The largest absolute Gasteiger partial charge is 0.507 e. The van der Waals surface area contributed by atoms with E-state index in [1.54, 1.807) is 30.3 Å². The molecule has 66 valence electrons. The molecule has 0 aliphatic rings.